The standard InChI is InChI=1S/C19H16BrN3O2/c1-3-25-17-10-12(9-14(20)18(17)24-2)8-13(11-21)19-22-15-6-4-5-7-16(15)23-19/h4-10H,3H2,1-2H3,(H,22,23)/b13-8+. The number of H-pyrrole nitrogens is 1. The minimum Gasteiger partial charge on any atom is -0.492 e. The number of rotatable bonds is 5. The predicted molar refractivity (Wildman–Crippen MR) is 101 cm³/mol. The lowest BCUT2D eigenvalue weighted by Crippen LogP contribution is -1.97. The number of halogens is 1. The number of nitrogens with one attached hydrogen (secondary N) is 1. The van der Waals surface area contributed by atoms with Crippen molar-refractivity contribution in [1.82, 2.24) is 9.97 Å². The van der Waals surface area contributed by atoms with Crippen LogP contribution >= 0.6 is 15.9 Å². The third-order valence-corrected chi connectivity index (χ3v) is 4.20. The van der Waals surface area contributed by atoms with E-state index < -0.39 is 0 Å². The molecule has 0 amide bonds. The summed E-state index contributed by atoms with van der Waals surface area (Å²) in [4.78, 5) is 7.66. The Hall–Kier alpha value is -2.78. The molecule has 2 aromatic carbocycles. The molecular formula is C19H16BrN3O2. The molecule has 0 fully saturated rings. The second-order valence-corrected chi connectivity index (χ2v) is 6.09. The molecule has 0 bridgehead atoms. The van der Waals surface area contributed by atoms with Gasteiger partial charge in [-0.05, 0) is 58.8 Å². The quantitative estimate of drug-likeness (QED) is 0.627. The Balaban J connectivity index is 2.06. The van der Waals surface area contributed by atoms with Crippen molar-refractivity contribution in [2.24, 2.45) is 0 Å². The molecule has 0 saturated heterocycles. The van der Waals surface area contributed by atoms with Crippen molar-refractivity contribution < 1.29 is 9.47 Å². The van der Waals surface area contributed by atoms with E-state index in [-0.39, 0.29) is 0 Å². The normalized spacial score (nSPS) is 11.4. The van der Waals surface area contributed by atoms with E-state index in [0.29, 0.717) is 29.5 Å². The summed E-state index contributed by atoms with van der Waals surface area (Å²) in [6.45, 7) is 2.43. The number of allylic oxidation sites excluding steroid dienone is 1. The van der Waals surface area contributed by atoms with Gasteiger partial charge in [-0.15, -0.1) is 0 Å². The number of para-hydroxylation sites is 2. The molecule has 1 N–H and O–H groups in total. The number of aromatic amines is 1. The molecule has 5 nitrogen and oxygen atoms in total. The van der Waals surface area contributed by atoms with E-state index in [0.717, 1.165) is 21.1 Å². The summed E-state index contributed by atoms with van der Waals surface area (Å²) < 4.78 is 11.7. The van der Waals surface area contributed by atoms with Crippen LogP contribution in [0, 0.1) is 11.3 Å². The van der Waals surface area contributed by atoms with Crippen LogP contribution in [-0.4, -0.2) is 23.7 Å². The monoisotopic (exact) mass is 397 g/mol. The number of methoxy groups -OCH3 is 1. The van der Waals surface area contributed by atoms with Gasteiger partial charge in [0.15, 0.2) is 11.5 Å². The van der Waals surface area contributed by atoms with Gasteiger partial charge < -0.3 is 14.5 Å². The molecule has 0 radical (unpaired) electrons. The molecule has 0 aliphatic rings. The van der Waals surface area contributed by atoms with Gasteiger partial charge in [0.25, 0.3) is 0 Å². The predicted octanol–water partition coefficient (Wildman–Crippen LogP) is 4.80. The first kappa shape index (κ1) is 17.1. The van der Waals surface area contributed by atoms with Gasteiger partial charge in [0.1, 0.15) is 11.9 Å². The average Bonchev–Trinajstić information content (AvgIpc) is 3.03. The number of ether oxygens (including phenoxy) is 2. The molecular weight excluding hydrogens is 382 g/mol. The van der Waals surface area contributed by atoms with Crippen LogP contribution < -0.4 is 9.47 Å². The Morgan fingerprint density at radius 1 is 1.36 bits per heavy atom. The second-order valence-electron chi connectivity index (χ2n) is 5.24. The SMILES string of the molecule is CCOc1cc(/C=C(\C#N)c2nc3ccccc3[nH]2)cc(Br)c1OC. The highest BCUT2D eigenvalue weighted by Crippen LogP contribution is 2.37. The largest absolute Gasteiger partial charge is 0.492 e. The van der Waals surface area contributed by atoms with Crippen molar-refractivity contribution in [2.45, 2.75) is 6.92 Å². The highest BCUT2D eigenvalue weighted by molar-refractivity contribution is 9.10. The molecule has 3 rings (SSSR count). The lowest BCUT2D eigenvalue weighted by Gasteiger charge is -2.12. The van der Waals surface area contributed by atoms with Gasteiger partial charge in [-0.2, -0.15) is 5.26 Å². The number of imidazole rings is 1. The van der Waals surface area contributed by atoms with E-state index in [1.54, 1.807) is 13.2 Å². The van der Waals surface area contributed by atoms with Crippen molar-refractivity contribution in [3.63, 3.8) is 0 Å². The lowest BCUT2D eigenvalue weighted by atomic mass is 10.1. The maximum absolute atomic E-state index is 9.56. The number of nitriles is 1. The fraction of sp³-hybridized carbons (Fsp3) is 0.158. The average molecular weight is 398 g/mol. The molecule has 0 atom stereocenters. The Labute approximate surface area is 154 Å². The van der Waals surface area contributed by atoms with Gasteiger partial charge in [-0.1, -0.05) is 12.1 Å². The summed E-state index contributed by atoms with van der Waals surface area (Å²) in [7, 11) is 1.59. The summed E-state index contributed by atoms with van der Waals surface area (Å²) in [6.07, 6.45) is 1.77. The van der Waals surface area contributed by atoms with Crippen LogP contribution in [0.4, 0.5) is 0 Å². The van der Waals surface area contributed by atoms with E-state index in [1.807, 2.05) is 43.3 Å². The van der Waals surface area contributed by atoms with Gasteiger partial charge in [-0.3, -0.25) is 0 Å². The Kier molecular flexibility index (Phi) is 5.05. The fourth-order valence-corrected chi connectivity index (χ4v) is 3.15. The highest BCUT2D eigenvalue weighted by atomic mass is 79.9. The number of hydrogen-bond acceptors (Lipinski definition) is 4. The minimum absolute atomic E-state index is 0.440. The van der Waals surface area contributed by atoms with Crippen molar-refractivity contribution in [3.8, 4) is 17.6 Å². The molecule has 0 unspecified atom stereocenters. The number of fused-ring (bicyclic) bond motifs is 1. The molecule has 0 aliphatic heterocycles. The molecule has 126 valence electrons. The maximum atomic E-state index is 9.56. The fourth-order valence-electron chi connectivity index (χ4n) is 2.53. The topological polar surface area (TPSA) is 70.9 Å². The van der Waals surface area contributed by atoms with Crippen LogP contribution in [0.15, 0.2) is 40.9 Å². The zero-order valence-electron chi connectivity index (χ0n) is 13.8. The smallest absolute Gasteiger partial charge is 0.174 e. The van der Waals surface area contributed by atoms with Gasteiger partial charge in [0, 0.05) is 0 Å². The first-order valence-corrected chi connectivity index (χ1v) is 8.52. The van der Waals surface area contributed by atoms with Crippen LogP contribution in [-0.2, 0) is 0 Å². The Morgan fingerprint density at radius 3 is 2.84 bits per heavy atom. The first-order chi connectivity index (χ1) is 12.2. The van der Waals surface area contributed by atoms with E-state index in [9.17, 15) is 5.26 Å². The molecule has 1 aromatic heterocycles. The second kappa shape index (κ2) is 7.41. The zero-order valence-corrected chi connectivity index (χ0v) is 15.4. The summed E-state index contributed by atoms with van der Waals surface area (Å²) >= 11 is 3.48. The Morgan fingerprint density at radius 2 is 2.16 bits per heavy atom. The third kappa shape index (κ3) is 3.52. The first-order valence-electron chi connectivity index (χ1n) is 7.73. The van der Waals surface area contributed by atoms with Gasteiger partial charge in [0.2, 0.25) is 0 Å². The molecule has 0 saturated carbocycles. The number of hydrogen-bond donors (Lipinski definition) is 1. The highest BCUT2D eigenvalue weighted by Gasteiger charge is 2.12. The molecule has 3 aromatic rings. The van der Waals surface area contributed by atoms with E-state index in [4.69, 9.17) is 9.47 Å². The van der Waals surface area contributed by atoms with Crippen LogP contribution in [0.2, 0.25) is 0 Å². The lowest BCUT2D eigenvalue weighted by molar-refractivity contribution is 0.310. The van der Waals surface area contributed by atoms with Crippen LogP contribution in [0.25, 0.3) is 22.7 Å². The van der Waals surface area contributed by atoms with Crippen molar-refractivity contribution >= 4 is 38.6 Å². The molecule has 6 heteroatoms. The molecule has 25 heavy (non-hydrogen) atoms. The maximum Gasteiger partial charge on any atom is 0.174 e. The van der Waals surface area contributed by atoms with Crippen LogP contribution in [0.5, 0.6) is 11.5 Å². The van der Waals surface area contributed by atoms with Crippen LogP contribution in [0.3, 0.4) is 0 Å². The molecule has 0 aliphatic carbocycles. The van der Waals surface area contributed by atoms with E-state index in [2.05, 4.69) is 32.0 Å². The number of nitrogens with zero attached hydrogens (tertiary/aromatic N) is 2. The summed E-state index contributed by atoms with van der Waals surface area (Å²) in [6, 6.07) is 13.6. The summed E-state index contributed by atoms with van der Waals surface area (Å²) in [5.74, 6) is 1.78. The van der Waals surface area contributed by atoms with E-state index in [1.165, 1.54) is 0 Å². The van der Waals surface area contributed by atoms with E-state index >= 15 is 0 Å². The third-order valence-electron chi connectivity index (χ3n) is 3.61. The zero-order chi connectivity index (χ0) is 17.8. The molecule has 1 heterocycles. The van der Waals surface area contributed by atoms with Crippen LogP contribution in [0.1, 0.15) is 18.3 Å². The van der Waals surface area contributed by atoms with Gasteiger partial charge in [0.05, 0.1) is 34.8 Å². The van der Waals surface area contributed by atoms with Crippen molar-refractivity contribution in [1.29, 1.82) is 5.26 Å². The van der Waals surface area contributed by atoms with Gasteiger partial charge >= 0.3 is 0 Å². The van der Waals surface area contributed by atoms with Crippen molar-refractivity contribution in [2.75, 3.05) is 13.7 Å². The number of aromatic nitrogens is 2. The summed E-state index contributed by atoms with van der Waals surface area (Å²) in [5.41, 5.74) is 2.97. The minimum atomic E-state index is 0.440. The Bertz CT molecular complexity index is 953. The van der Waals surface area contributed by atoms with Crippen molar-refractivity contribution in [3.05, 3.63) is 52.3 Å². The molecule has 0 spiro atoms. The summed E-state index contributed by atoms with van der Waals surface area (Å²) in [5, 5.41) is 9.56. The number of benzene rings is 2. The van der Waals surface area contributed by atoms with Gasteiger partial charge in [-0.25, -0.2) is 4.98 Å².